The lowest BCUT2D eigenvalue weighted by Gasteiger charge is -2.09. The molecular weight excluding hydrogens is 218 g/mol. The van der Waals surface area contributed by atoms with Gasteiger partial charge < -0.3 is 9.73 Å². The van der Waals surface area contributed by atoms with Gasteiger partial charge in [-0.05, 0) is 13.0 Å². The number of rotatable bonds is 5. The minimum Gasteiger partial charge on any atom is -0.419 e. The molecule has 1 unspecified atom stereocenters. The van der Waals surface area contributed by atoms with Crippen molar-refractivity contribution >= 4 is 0 Å². The molecular formula is C11H15N5O. The minimum atomic E-state index is 0.103. The highest BCUT2D eigenvalue weighted by molar-refractivity contribution is 5.48. The van der Waals surface area contributed by atoms with Gasteiger partial charge in [0, 0.05) is 12.4 Å². The summed E-state index contributed by atoms with van der Waals surface area (Å²) < 4.78 is 5.61. The van der Waals surface area contributed by atoms with E-state index in [1.807, 2.05) is 6.92 Å². The van der Waals surface area contributed by atoms with Crippen molar-refractivity contribution in [2.24, 2.45) is 0 Å². The van der Waals surface area contributed by atoms with E-state index in [2.05, 4.69) is 32.4 Å². The van der Waals surface area contributed by atoms with Crippen LogP contribution in [0.3, 0.4) is 0 Å². The molecule has 0 radical (unpaired) electrons. The first-order valence-electron chi connectivity index (χ1n) is 5.67. The number of hydrogen-bond acceptors (Lipinski definition) is 6. The first-order chi connectivity index (χ1) is 8.35. The fourth-order valence-electron chi connectivity index (χ4n) is 1.55. The first kappa shape index (κ1) is 11.7. The second-order valence-electron chi connectivity index (χ2n) is 3.59. The Labute approximate surface area is 99.5 Å². The predicted molar refractivity (Wildman–Crippen MR) is 62.0 cm³/mol. The van der Waals surface area contributed by atoms with Crippen LogP contribution in [-0.4, -0.2) is 26.7 Å². The number of aromatic nitrogens is 4. The van der Waals surface area contributed by atoms with Gasteiger partial charge in [0.15, 0.2) is 0 Å². The van der Waals surface area contributed by atoms with Gasteiger partial charge in [-0.1, -0.05) is 13.8 Å². The molecule has 1 atom stereocenters. The topological polar surface area (TPSA) is 76.7 Å². The molecule has 0 spiro atoms. The van der Waals surface area contributed by atoms with Gasteiger partial charge in [0.25, 0.3) is 5.89 Å². The quantitative estimate of drug-likeness (QED) is 0.845. The summed E-state index contributed by atoms with van der Waals surface area (Å²) in [7, 11) is 0. The van der Waals surface area contributed by atoms with Gasteiger partial charge in [-0.3, -0.25) is 0 Å². The van der Waals surface area contributed by atoms with Gasteiger partial charge in [0.05, 0.1) is 11.6 Å². The Kier molecular flexibility index (Phi) is 3.77. The maximum Gasteiger partial charge on any atom is 0.250 e. The fraction of sp³-hybridized carbons (Fsp3) is 0.455. The summed E-state index contributed by atoms with van der Waals surface area (Å²) in [5.41, 5.74) is 0.734. The van der Waals surface area contributed by atoms with Crippen LogP contribution in [0.25, 0.3) is 11.5 Å². The monoisotopic (exact) mass is 233 g/mol. The third-order valence-corrected chi connectivity index (χ3v) is 2.41. The smallest absolute Gasteiger partial charge is 0.250 e. The molecule has 0 saturated heterocycles. The molecule has 0 aliphatic carbocycles. The van der Waals surface area contributed by atoms with E-state index in [1.165, 1.54) is 6.33 Å². The average molecular weight is 233 g/mol. The summed E-state index contributed by atoms with van der Waals surface area (Å²) in [5.74, 6) is 1.06. The highest BCUT2D eigenvalue weighted by Crippen LogP contribution is 2.20. The van der Waals surface area contributed by atoms with Crippen LogP contribution in [-0.2, 0) is 0 Å². The van der Waals surface area contributed by atoms with Crippen molar-refractivity contribution in [3.8, 4) is 11.5 Å². The van der Waals surface area contributed by atoms with Gasteiger partial charge in [-0.15, -0.1) is 10.2 Å². The molecule has 2 heterocycles. The molecule has 17 heavy (non-hydrogen) atoms. The Morgan fingerprint density at radius 3 is 2.65 bits per heavy atom. The molecule has 1 N–H and O–H groups in total. The van der Waals surface area contributed by atoms with E-state index < -0.39 is 0 Å². The molecule has 2 aromatic heterocycles. The lowest BCUT2D eigenvalue weighted by molar-refractivity contribution is 0.402. The van der Waals surface area contributed by atoms with E-state index in [4.69, 9.17) is 4.42 Å². The predicted octanol–water partition coefficient (Wildman–Crippen LogP) is 1.59. The lowest BCUT2D eigenvalue weighted by Crippen LogP contribution is -2.20. The Hall–Kier alpha value is -1.82. The summed E-state index contributed by atoms with van der Waals surface area (Å²) in [6.07, 6.45) is 5.67. The average Bonchev–Trinajstić information content (AvgIpc) is 2.86. The van der Waals surface area contributed by atoms with Crippen molar-refractivity contribution in [1.29, 1.82) is 0 Å². The van der Waals surface area contributed by atoms with E-state index in [0.29, 0.717) is 11.8 Å². The highest BCUT2D eigenvalue weighted by Gasteiger charge is 2.16. The van der Waals surface area contributed by atoms with Crippen LogP contribution in [0, 0.1) is 0 Å². The van der Waals surface area contributed by atoms with Crippen molar-refractivity contribution < 1.29 is 4.42 Å². The first-order valence-corrected chi connectivity index (χ1v) is 5.67. The second kappa shape index (κ2) is 5.49. The summed E-state index contributed by atoms with van der Waals surface area (Å²) in [6, 6.07) is 0.103. The Balaban J connectivity index is 2.21. The van der Waals surface area contributed by atoms with E-state index >= 15 is 0 Å². The van der Waals surface area contributed by atoms with Crippen LogP contribution in [0.5, 0.6) is 0 Å². The molecule has 90 valence electrons. The lowest BCUT2D eigenvalue weighted by atomic mass is 10.2. The molecule has 6 heteroatoms. The summed E-state index contributed by atoms with van der Waals surface area (Å²) in [4.78, 5) is 7.83. The second-order valence-corrected chi connectivity index (χ2v) is 3.59. The van der Waals surface area contributed by atoms with Crippen LogP contribution in [0.15, 0.2) is 23.1 Å². The zero-order chi connectivity index (χ0) is 12.1. The van der Waals surface area contributed by atoms with Gasteiger partial charge in [0.1, 0.15) is 6.33 Å². The zero-order valence-electron chi connectivity index (χ0n) is 9.92. The van der Waals surface area contributed by atoms with Crippen LogP contribution >= 0.6 is 0 Å². The van der Waals surface area contributed by atoms with Crippen molar-refractivity contribution in [2.75, 3.05) is 6.54 Å². The Morgan fingerprint density at radius 2 is 2.00 bits per heavy atom. The third-order valence-electron chi connectivity index (χ3n) is 2.41. The normalized spacial score (nSPS) is 12.6. The van der Waals surface area contributed by atoms with E-state index in [-0.39, 0.29) is 6.04 Å². The van der Waals surface area contributed by atoms with Crippen LogP contribution in [0.4, 0.5) is 0 Å². The zero-order valence-corrected chi connectivity index (χ0v) is 9.92. The van der Waals surface area contributed by atoms with Crippen molar-refractivity contribution in [1.82, 2.24) is 25.5 Å². The van der Waals surface area contributed by atoms with Crippen molar-refractivity contribution in [2.45, 2.75) is 26.3 Å². The van der Waals surface area contributed by atoms with Crippen LogP contribution < -0.4 is 5.32 Å². The summed E-state index contributed by atoms with van der Waals surface area (Å²) in [5, 5.41) is 11.3. The SMILES string of the molecule is CCNC(CC)c1nnc(-c2cncnc2)o1. The molecule has 2 rings (SSSR count). The van der Waals surface area contributed by atoms with E-state index in [9.17, 15) is 0 Å². The molecule has 0 aliphatic heterocycles. The Morgan fingerprint density at radius 1 is 1.24 bits per heavy atom. The molecule has 6 nitrogen and oxygen atoms in total. The molecule has 0 bridgehead atoms. The molecule has 0 aromatic carbocycles. The van der Waals surface area contributed by atoms with Gasteiger partial charge >= 0.3 is 0 Å². The largest absolute Gasteiger partial charge is 0.419 e. The molecule has 2 aromatic rings. The van der Waals surface area contributed by atoms with E-state index in [1.54, 1.807) is 12.4 Å². The summed E-state index contributed by atoms with van der Waals surface area (Å²) in [6.45, 7) is 4.98. The minimum absolute atomic E-state index is 0.103. The van der Waals surface area contributed by atoms with Crippen LogP contribution in [0.1, 0.15) is 32.2 Å². The summed E-state index contributed by atoms with van der Waals surface area (Å²) >= 11 is 0. The van der Waals surface area contributed by atoms with Gasteiger partial charge in [-0.2, -0.15) is 0 Å². The van der Waals surface area contributed by atoms with Gasteiger partial charge in [-0.25, -0.2) is 9.97 Å². The van der Waals surface area contributed by atoms with E-state index in [0.717, 1.165) is 18.5 Å². The molecule has 0 fully saturated rings. The van der Waals surface area contributed by atoms with Crippen molar-refractivity contribution in [3.63, 3.8) is 0 Å². The molecule has 0 aliphatic rings. The van der Waals surface area contributed by atoms with Crippen LogP contribution in [0.2, 0.25) is 0 Å². The maximum absolute atomic E-state index is 5.61. The third kappa shape index (κ3) is 2.65. The number of nitrogens with one attached hydrogen (secondary N) is 1. The fourth-order valence-corrected chi connectivity index (χ4v) is 1.55. The number of nitrogens with zero attached hydrogens (tertiary/aromatic N) is 4. The maximum atomic E-state index is 5.61. The number of hydrogen-bond donors (Lipinski definition) is 1. The Bertz CT molecular complexity index is 456. The van der Waals surface area contributed by atoms with Gasteiger partial charge in [0.2, 0.25) is 5.89 Å². The molecule has 0 amide bonds. The highest BCUT2D eigenvalue weighted by atomic mass is 16.4. The van der Waals surface area contributed by atoms with Crippen molar-refractivity contribution in [3.05, 3.63) is 24.6 Å². The standard InChI is InChI=1S/C11H15N5O/c1-3-9(14-4-2)11-16-15-10(17-11)8-5-12-7-13-6-8/h5-7,9,14H,3-4H2,1-2H3. The molecule has 0 saturated carbocycles.